The molecule has 6 rings (SSSR count). The zero-order valence-electron chi connectivity index (χ0n) is 24.1. The maximum Gasteiger partial charge on any atom is 0.337 e. The van der Waals surface area contributed by atoms with E-state index in [1.807, 2.05) is 70.2 Å². The summed E-state index contributed by atoms with van der Waals surface area (Å²) in [5.41, 5.74) is 6.02. The number of carboxylic acids is 1. The van der Waals surface area contributed by atoms with E-state index >= 15 is 0 Å². The number of rotatable bonds is 6. The zero-order chi connectivity index (χ0) is 30.6. The summed E-state index contributed by atoms with van der Waals surface area (Å²) in [6.45, 7) is 7.41. The minimum atomic E-state index is -1.19. The van der Waals surface area contributed by atoms with Crippen molar-refractivity contribution in [3.8, 4) is 33.0 Å². The van der Waals surface area contributed by atoms with Gasteiger partial charge in [0, 0.05) is 40.5 Å². The Morgan fingerprint density at radius 1 is 1.05 bits per heavy atom. The second-order valence-electron chi connectivity index (χ2n) is 11.4. The van der Waals surface area contributed by atoms with Gasteiger partial charge < -0.3 is 9.84 Å². The van der Waals surface area contributed by atoms with Crippen molar-refractivity contribution in [2.75, 3.05) is 0 Å². The van der Waals surface area contributed by atoms with Crippen molar-refractivity contribution in [2.24, 2.45) is 7.05 Å². The third-order valence-electron chi connectivity index (χ3n) is 7.13. The van der Waals surface area contributed by atoms with Crippen LogP contribution in [0.1, 0.15) is 38.0 Å². The van der Waals surface area contributed by atoms with Crippen molar-refractivity contribution in [3.05, 3.63) is 89.0 Å². The van der Waals surface area contributed by atoms with Crippen LogP contribution in [0.2, 0.25) is 5.02 Å². The molecule has 0 fully saturated rings. The monoisotopic (exact) mass is 614 g/mol. The van der Waals surface area contributed by atoms with Crippen LogP contribution in [0.5, 0.6) is 0 Å². The lowest BCUT2D eigenvalue weighted by Crippen LogP contribution is -2.28. The Balaban J connectivity index is 1.53. The summed E-state index contributed by atoms with van der Waals surface area (Å²) in [5, 5.41) is 16.0. The van der Waals surface area contributed by atoms with E-state index in [0.29, 0.717) is 27.2 Å². The van der Waals surface area contributed by atoms with Crippen LogP contribution in [0.25, 0.3) is 54.1 Å². The molecule has 0 spiro atoms. The molecule has 43 heavy (non-hydrogen) atoms. The fraction of sp³-hybridized carbons (Fsp3) is 0.212. The summed E-state index contributed by atoms with van der Waals surface area (Å²) in [6.07, 6.45) is 0.527. The van der Waals surface area contributed by atoms with E-state index in [1.54, 1.807) is 31.4 Å². The first kappa shape index (κ1) is 28.9. The third kappa shape index (κ3) is 5.51. The van der Waals surface area contributed by atoms with E-state index < -0.39 is 23.6 Å². The quantitative estimate of drug-likeness (QED) is 0.202. The van der Waals surface area contributed by atoms with Gasteiger partial charge in [-0.25, -0.2) is 9.78 Å². The van der Waals surface area contributed by atoms with E-state index in [2.05, 4.69) is 10.1 Å². The first-order valence-corrected chi connectivity index (χ1v) is 14.8. The molecule has 0 saturated carbocycles. The molecular formula is C33H28ClFN4O3S. The van der Waals surface area contributed by atoms with Crippen LogP contribution in [0, 0.1) is 12.9 Å². The fourth-order valence-corrected chi connectivity index (χ4v) is 6.50. The predicted octanol–water partition coefficient (Wildman–Crippen LogP) is 8.62. The number of halogens is 2. The van der Waals surface area contributed by atoms with E-state index in [9.17, 15) is 14.3 Å². The minimum absolute atomic E-state index is 0.449. The first-order chi connectivity index (χ1) is 20.4. The van der Waals surface area contributed by atoms with E-state index in [1.165, 1.54) is 16.0 Å². The van der Waals surface area contributed by atoms with Crippen LogP contribution in [0.4, 0.5) is 4.39 Å². The topological polar surface area (TPSA) is 90.1 Å². The van der Waals surface area contributed by atoms with Gasteiger partial charge in [-0.3, -0.25) is 9.67 Å². The highest BCUT2D eigenvalue weighted by molar-refractivity contribution is 7.22. The van der Waals surface area contributed by atoms with Gasteiger partial charge in [-0.05, 0) is 81.3 Å². The number of ether oxygens (including phenoxy) is 1. The van der Waals surface area contributed by atoms with Crippen LogP contribution in [-0.4, -0.2) is 36.4 Å². The Morgan fingerprint density at radius 2 is 1.77 bits per heavy atom. The minimum Gasteiger partial charge on any atom is -0.479 e. The third-order valence-corrected chi connectivity index (χ3v) is 8.52. The molecule has 218 valence electrons. The molecule has 1 N–H and O–H groups in total. The van der Waals surface area contributed by atoms with Crippen LogP contribution in [-0.2, 0) is 16.6 Å². The predicted molar refractivity (Wildman–Crippen MR) is 169 cm³/mol. The number of aryl methyl sites for hydroxylation is 2. The number of aliphatic carboxylic acids is 1. The number of aromatic nitrogens is 4. The number of carbonyl (C=O) groups is 1. The second-order valence-corrected chi connectivity index (χ2v) is 12.8. The number of pyridine rings is 1. The molecule has 0 aliphatic rings. The fourth-order valence-electron chi connectivity index (χ4n) is 5.26. The summed E-state index contributed by atoms with van der Waals surface area (Å²) < 4.78 is 22.6. The molecule has 3 aromatic heterocycles. The van der Waals surface area contributed by atoms with Crippen LogP contribution >= 0.6 is 22.9 Å². The molecule has 3 aromatic carbocycles. The molecule has 1 atom stereocenters. The molecular weight excluding hydrogens is 587 g/mol. The molecule has 7 nitrogen and oxygen atoms in total. The highest BCUT2D eigenvalue weighted by Gasteiger charge is 2.32. The normalized spacial score (nSPS) is 12.7. The lowest BCUT2D eigenvalue weighted by atomic mass is 9.91. The maximum atomic E-state index is 14.1. The Labute approximate surface area is 256 Å². The summed E-state index contributed by atoms with van der Waals surface area (Å²) in [5.74, 6) is -1.58. The van der Waals surface area contributed by atoms with Gasteiger partial charge in [-0.2, -0.15) is 4.39 Å². The number of thiazole rings is 1. The molecule has 0 amide bonds. The van der Waals surface area contributed by atoms with Crippen molar-refractivity contribution < 1.29 is 19.0 Å². The number of hydrogen-bond acceptors (Lipinski definition) is 6. The Morgan fingerprint density at radius 3 is 2.47 bits per heavy atom. The second kappa shape index (κ2) is 10.8. The van der Waals surface area contributed by atoms with Gasteiger partial charge in [0.05, 0.1) is 32.4 Å². The Bertz CT molecular complexity index is 2030. The number of hydrogen-bond donors (Lipinski definition) is 1. The molecule has 0 aliphatic heterocycles. The number of nitrogens with zero attached hydrogens (tertiary/aromatic N) is 4. The summed E-state index contributed by atoms with van der Waals surface area (Å²) in [4.78, 5) is 22.2. The summed E-state index contributed by atoms with van der Waals surface area (Å²) in [7, 11) is 1.70. The van der Waals surface area contributed by atoms with Crippen LogP contribution < -0.4 is 0 Å². The molecule has 0 saturated heterocycles. The van der Waals surface area contributed by atoms with Gasteiger partial charge in [-0.15, -0.1) is 16.4 Å². The molecule has 3 heterocycles. The largest absolute Gasteiger partial charge is 0.479 e. The zero-order valence-corrected chi connectivity index (χ0v) is 25.7. The van der Waals surface area contributed by atoms with Gasteiger partial charge >= 0.3 is 5.97 Å². The van der Waals surface area contributed by atoms with Crippen molar-refractivity contribution >= 4 is 50.0 Å². The molecule has 0 bridgehead atoms. The Kier molecular flexibility index (Phi) is 7.28. The van der Waals surface area contributed by atoms with Crippen LogP contribution in [0.3, 0.4) is 0 Å². The summed E-state index contributed by atoms with van der Waals surface area (Å²) >= 11 is 7.70. The van der Waals surface area contributed by atoms with Crippen molar-refractivity contribution in [1.82, 2.24) is 19.7 Å². The van der Waals surface area contributed by atoms with Gasteiger partial charge in [0.25, 0.3) is 0 Å². The molecule has 0 aliphatic carbocycles. The van der Waals surface area contributed by atoms with E-state index in [0.717, 1.165) is 43.0 Å². The average molecular weight is 615 g/mol. The SMILES string of the molecule is Cc1cc2nc(-c3ccnc(-c4ccc5c(F)nn(C)c5c4)c3)sc2c(-c2ccc(Cl)cc2)c1C(OC(C)(C)C)C(=O)O. The highest BCUT2D eigenvalue weighted by atomic mass is 35.5. The number of benzene rings is 3. The van der Waals surface area contributed by atoms with Crippen molar-refractivity contribution in [2.45, 2.75) is 39.4 Å². The highest BCUT2D eigenvalue weighted by Crippen LogP contribution is 2.44. The van der Waals surface area contributed by atoms with Crippen molar-refractivity contribution in [3.63, 3.8) is 0 Å². The molecule has 6 aromatic rings. The van der Waals surface area contributed by atoms with Crippen LogP contribution in [0.15, 0.2) is 66.9 Å². The lowest BCUT2D eigenvalue weighted by Gasteiger charge is -2.28. The van der Waals surface area contributed by atoms with Gasteiger partial charge in [0.15, 0.2) is 6.10 Å². The standard InChI is InChI=1S/C33H28ClFN4O3S/c1-17-14-24-29(27(18-6-9-21(34)10-7-18)26(17)28(32(40)41)42-33(2,3)4)43-31(37-24)20-12-13-36-23(15-20)19-8-11-22-25(16-19)39(5)38-30(22)35/h6-16,28H,1-5H3,(H,40,41). The lowest BCUT2D eigenvalue weighted by molar-refractivity contribution is -0.160. The number of fused-ring (bicyclic) bond motifs is 2. The smallest absolute Gasteiger partial charge is 0.337 e. The Hall–Kier alpha value is -4.18. The van der Waals surface area contributed by atoms with Crippen molar-refractivity contribution in [1.29, 1.82) is 0 Å². The van der Waals surface area contributed by atoms with E-state index in [4.69, 9.17) is 21.3 Å². The van der Waals surface area contributed by atoms with E-state index in [-0.39, 0.29) is 0 Å². The molecule has 1 unspecified atom stereocenters. The van der Waals surface area contributed by atoms with Gasteiger partial charge in [0.2, 0.25) is 5.95 Å². The molecule has 0 radical (unpaired) electrons. The van der Waals surface area contributed by atoms with Gasteiger partial charge in [0.1, 0.15) is 5.01 Å². The number of carboxylic acid groups (broad SMARTS) is 1. The molecule has 10 heteroatoms. The van der Waals surface area contributed by atoms with Gasteiger partial charge in [-0.1, -0.05) is 29.8 Å². The maximum absolute atomic E-state index is 14.1. The summed E-state index contributed by atoms with van der Waals surface area (Å²) in [6, 6.07) is 18.5. The first-order valence-electron chi connectivity index (χ1n) is 13.6. The average Bonchev–Trinajstić information content (AvgIpc) is 3.51.